The molecular weight excluding hydrogens is 360 g/mol. The molecule has 0 bridgehead atoms. The fraction of sp³-hybridized carbons (Fsp3) is 0.458. The van der Waals surface area contributed by atoms with Crippen molar-refractivity contribution in [3.05, 3.63) is 65.2 Å². The van der Waals surface area contributed by atoms with Crippen molar-refractivity contribution in [2.24, 2.45) is 22.6 Å². The molecule has 5 heteroatoms. The van der Waals surface area contributed by atoms with Gasteiger partial charge in [0.05, 0.1) is 13.2 Å². The molecule has 3 N–H and O–H groups in total. The average Bonchev–Trinajstić information content (AvgIpc) is 2.68. The quantitative estimate of drug-likeness (QED) is 0.545. The van der Waals surface area contributed by atoms with Crippen molar-refractivity contribution in [3.63, 3.8) is 0 Å². The molecule has 29 heavy (non-hydrogen) atoms. The van der Waals surface area contributed by atoms with E-state index < -0.39 is 0 Å². The molecule has 156 valence electrons. The monoisotopic (exact) mass is 394 g/mol. The molecule has 2 aromatic carbocycles. The summed E-state index contributed by atoms with van der Waals surface area (Å²) in [7, 11) is 1.68. The number of anilines is 1. The molecule has 5 nitrogen and oxygen atoms in total. The molecule has 3 rings (SSSR count). The SMILES string of the molecule is COCc1ccccc1NC(N)=NCc1ccc(CN2CC(C)CC(C)C2)cc1. The maximum absolute atomic E-state index is 6.09. The van der Waals surface area contributed by atoms with Crippen molar-refractivity contribution < 1.29 is 4.74 Å². The molecule has 0 aliphatic carbocycles. The molecule has 1 aliphatic rings. The van der Waals surface area contributed by atoms with Gasteiger partial charge in [-0.05, 0) is 35.4 Å². The molecule has 0 radical (unpaired) electrons. The standard InChI is InChI=1S/C24H34N4O/c1-18-12-19(2)15-28(14-18)16-21-10-8-20(9-11-21)13-26-24(25)27-23-7-5-4-6-22(23)17-29-3/h4-11,18-19H,12-17H2,1-3H3,(H3,25,26,27). The van der Waals surface area contributed by atoms with Gasteiger partial charge in [-0.3, -0.25) is 4.90 Å². The minimum Gasteiger partial charge on any atom is -0.380 e. The van der Waals surface area contributed by atoms with E-state index in [-0.39, 0.29) is 0 Å². The number of hydrogen-bond acceptors (Lipinski definition) is 3. The Labute approximate surface area is 175 Å². The lowest BCUT2D eigenvalue weighted by molar-refractivity contribution is 0.134. The van der Waals surface area contributed by atoms with E-state index >= 15 is 0 Å². The Morgan fingerprint density at radius 3 is 2.41 bits per heavy atom. The summed E-state index contributed by atoms with van der Waals surface area (Å²) in [6.07, 6.45) is 1.35. The van der Waals surface area contributed by atoms with Crippen LogP contribution in [0.3, 0.4) is 0 Å². The normalized spacial score (nSPS) is 20.6. The molecule has 1 aliphatic heterocycles. The summed E-state index contributed by atoms with van der Waals surface area (Å²) >= 11 is 0. The number of para-hydroxylation sites is 1. The highest BCUT2D eigenvalue weighted by atomic mass is 16.5. The van der Waals surface area contributed by atoms with Gasteiger partial charge in [0, 0.05) is 38.0 Å². The van der Waals surface area contributed by atoms with Gasteiger partial charge in [-0.15, -0.1) is 0 Å². The Morgan fingerprint density at radius 1 is 1.07 bits per heavy atom. The number of nitrogens with two attached hydrogens (primary N) is 1. The Kier molecular flexibility index (Phi) is 7.67. The molecule has 1 saturated heterocycles. The van der Waals surface area contributed by atoms with Crippen LogP contribution in [0.15, 0.2) is 53.5 Å². The zero-order valence-corrected chi connectivity index (χ0v) is 17.9. The van der Waals surface area contributed by atoms with E-state index in [4.69, 9.17) is 10.5 Å². The Balaban J connectivity index is 1.54. The Morgan fingerprint density at radius 2 is 1.72 bits per heavy atom. The van der Waals surface area contributed by atoms with Crippen molar-refractivity contribution in [2.45, 2.75) is 40.0 Å². The summed E-state index contributed by atoms with van der Waals surface area (Å²) in [4.78, 5) is 7.06. The fourth-order valence-corrected chi connectivity index (χ4v) is 4.21. The number of ether oxygens (including phenoxy) is 1. The maximum atomic E-state index is 6.09. The van der Waals surface area contributed by atoms with Crippen molar-refractivity contribution in [1.29, 1.82) is 0 Å². The summed E-state index contributed by atoms with van der Waals surface area (Å²) in [6.45, 7) is 9.23. The van der Waals surface area contributed by atoms with Gasteiger partial charge >= 0.3 is 0 Å². The average molecular weight is 395 g/mol. The minimum atomic E-state index is 0.411. The van der Waals surface area contributed by atoms with Gasteiger partial charge in [0.15, 0.2) is 5.96 Å². The van der Waals surface area contributed by atoms with Crippen LogP contribution >= 0.6 is 0 Å². The topological polar surface area (TPSA) is 62.9 Å². The Hall–Kier alpha value is -2.37. The van der Waals surface area contributed by atoms with Crippen molar-refractivity contribution in [1.82, 2.24) is 4.90 Å². The van der Waals surface area contributed by atoms with Crippen LogP contribution in [0.4, 0.5) is 5.69 Å². The second-order valence-electron chi connectivity index (χ2n) is 8.37. The number of aliphatic imine (C=N–C) groups is 1. The van der Waals surface area contributed by atoms with Crippen LogP contribution in [0, 0.1) is 11.8 Å². The summed E-state index contributed by atoms with van der Waals surface area (Å²) in [5.74, 6) is 1.99. The number of guanidine groups is 1. The predicted molar refractivity (Wildman–Crippen MR) is 121 cm³/mol. The number of nitrogens with zero attached hydrogens (tertiary/aromatic N) is 2. The van der Waals surface area contributed by atoms with Gasteiger partial charge in [-0.25, -0.2) is 4.99 Å². The third-order valence-electron chi connectivity index (χ3n) is 5.39. The number of likely N-dealkylation sites (tertiary alicyclic amines) is 1. The van der Waals surface area contributed by atoms with Crippen molar-refractivity contribution in [3.8, 4) is 0 Å². The molecule has 0 amide bonds. The first kappa shape index (κ1) is 21.3. The number of hydrogen-bond donors (Lipinski definition) is 2. The molecule has 0 spiro atoms. The molecule has 2 atom stereocenters. The zero-order chi connectivity index (χ0) is 20.6. The number of benzene rings is 2. The number of piperidine rings is 1. The lowest BCUT2D eigenvalue weighted by atomic mass is 9.91. The number of nitrogens with one attached hydrogen (secondary N) is 1. The highest BCUT2D eigenvalue weighted by Crippen LogP contribution is 2.22. The van der Waals surface area contributed by atoms with Crippen LogP contribution < -0.4 is 11.1 Å². The Bertz CT molecular complexity index is 793. The third-order valence-corrected chi connectivity index (χ3v) is 5.39. The van der Waals surface area contributed by atoms with Gasteiger partial charge in [0.1, 0.15) is 0 Å². The lowest BCUT2D eigenvalue weighted by Gasteiger charge is -2.35. The van der Waals surface area contributed by atoms with E-state index in [1.165, 1.54) is 25.1 Å². The van der Waals surface area contributed by atoms with Crippen LogP contribution in [0.2, 0.25) is 0 Å². The molecule has 1 fully saturated rings. The minimum absolute atomic E-state index is 0.411. The first-order chi connectivity index (χ1) is 14.0. The fourth-order valence-electron chi connectivity index (χ4n) is 4.21. The predicted octanol–water partition coefficient (Wildman–Crippen LogP) is 4.24. The van der Waals surface area contributed by atoms with Crippen molar-refractivity contribution in [2.75, 3.05) is 25.5 Å². The maximum Gasteiger partial charge on any atom is 0.193 e. The van der Waals surface area contributed by atoms with E-state index in [0.29, 0.717) is 19.1 Å². The molecule has 1 heterocycles. The molecule has 0 aromatic heterocycles. The van der Waals surface area contributed by atoms with Crippen LogP contribution in [0.25, 0.3) is 0 Å². The van der Waals surface area contributed by atoms with E-state index in [9.17, 15) is 0 Å². The molecular formula is C24H34N4O. The summed E-state index contributed by atoms with van der Waals surface area (Å²) in [6, 6.07) is 16.7. The first-order valence-electron chi connectivity index (χ1n) is 10.5. The van der Waals surface area contributed by atoms with Gasteiger partial charge in [-0.1, -0.05) is 56.3 Å². The third kappa shape index (κ3) is 6.58. The molecule has 2 unspecified atom stereocenters. The number of rotatable bonds is 7. The second-order valence-corrected chi connectivity index (χ2v) is 8.37. The van der Waals surface area contributed by atoms with Gasteiger partial charge in [-0.2, -0.15) is 0 Å². The highest BCUT2D eigenvalue weighted by Gasteiger charge is 2.21. The summed E-state index contributed by atoms with van der Waals surface area (Å²) in [5.41, 5.74) is 10.6. The largest absolute Gasteiger partial charge is 0.380 e. The van der Waals surface area contributed by atoms with Gasteiger partial charge in [0.2, 0.25) is 0 Å². The van der Waals surface area contributed by atoms with Crippen LogP contribution in [0.5, 0.6) is 0 Å². The van der Waals surface area contributed by atoms with E-state index in [1.54, 1.807) is 7.11 Å². The summed E-state index contributed by atoms with van der Waals surface area (Å²) < 4.78 is 5.23. The van der Waals surface area contributed by atoms with Gasteiger partial charge < -0.3 is 15.8 Å². The first-order valence-corrected chi connectivity index (χ1v) is 10.5. The van der Waals surface area contributed by atoms with Crippen molar-refractivity contribution >= 4 is 11.6 Å². The lowest BCUT2D eigenvalue weighted by Crippen LogP contribution is -2.38. The van der Waals surface area contributed by atoms with E-state index in [0.717, 1.165) is 35.2 Å². The highest BCUT2D eigenvalue weighted by molar-refractivity contribution is 5.92. The number of methoxy groups -OCH3 is 1. The molecule has 2 aromatic rings. The van der Waals surface area contributed by atoms with Crippen LogP contribution in [0.1, 0.15) is 37.0 Å². The van der Waals surface area contributed by atoms with E-state index in [2.05, 4.69) is 53.3 Å². The molecule has 0 saturated carbocycles. The summed E-state index contributed by atoms with van der Waals surface area (Å²) in [5, 5.41) is 3.18. The van der Waals surface area contributed by atoms with Crippen LogP contribution in [-0.2, 0) is 24.4 Å². The van der Waals surface area contributed by atoms with Crippen LogP contribution in [-0.4, -0.2) is 31.1 Å². The second kappa shape index (κ2) is 10.4. The smallest absolute Gasteiger partial charge is 0.193 e. The zero-order valence-electron chi connectivity index (χ0n) is 17.9. The van der Waals surface area contributed by atoms with E-state index in [1.807, 2.05) is 24.3 Å². The van der Waals surface area contributed by atoms with Gasteiger partial charge in [0.25, 0.3) is 0 Å².